The Morgan fingerprint density at radius 2 is 2.21 bits per heavy atom. The molecule has 1 saturated carbocycles. The Morgan fingerprint density at radius 1 is 1.53 bits per heavy atom. The van der Waals surface area contributed by atoms with E-state index in [0.717, 1.165) is 12.8 Å². The second-order valence-electron chi connectivity index (χ2n) is 5.18. The van der Waals surface area contributed by atoms with Gasteiger partial charge in [0.1, 0.15) is 4.90 Å². The molecule has 0 aliphatic heterocycles. The van der Waals surface area contributed by atoms with Crippen LogP contribution in [-0.4, -0.2) is 30.8 Å². The molecule has 0 amide bonds. The maximum absolute atomic E-state index is 12.2. The van der Waals surface area contributed by atoms with Gasteiger partial charge in [-0.15, -0.1) is 0 Å². The lowest BCUT2D eigenvalue weighted by molar-refractivity contribution is 0.424. The highest BCUT2D eigenvalue weighted by Gasteiger charge is 2.26. The maximum atomic E-state index is 12.2. The van der Waals surface area contributed by atoms with Gasteiger partial charge in [-0.05, 0) is 25.7 Å². The third kappa shape index (κ3) is 3.55. The summed E-state index contributed by atoms with van der Waals surface area (Å²) in [7, 11) is -3.47. The van der Waals surface area contributed by atoms with Crippen LogP contribution < -0.4 is 10.5 Å². The molecule has 1 heterocycles. The lowest BCUT2D eigenvalue weighted by Crippen LogP contribution is -2.37. The van der Waals surface area contributed by atoms with Gasteiger partial charge < -0.3 is 5.73 Å². The zero-order valence-electron chi connectivity index (χ0n) is 11.2. The van der Waals surface area contributed by atoms with E-state index in [9.17, 15) is 8.42 Å². The van der Waals surface area contributed by atoms with Gasteiger partial charge in [-0.1, -0.05) is 12.8 Å². The van der Waals surface area contributed by atoms with Crippen LogP contribution in [0, 0.1) is 5.92 Å². The van der Waals surface area contributed by atoms with Crippen LogP contribution in [0.5, 0.6) is 0 Å². The van der Waals surface area contributed by atoms with E-state index >= 15 is 0 Å². The second-order valence-corrected chi connectivity index (χ2v) is 6.90. The summed E-state index contributed by atoms with van der Waals surface area (Å²) < 4.78 is 28.8. The molecular formula is C12H22N4O2S. The fourth-order valence-electron chi connectivity index (χ4n) is 2.60. The number of aromatic nitrogens is 2. The van der Waals surface area contributed by atoms with Gasteiger partial charge in [-0.2, -0.15) is 5.10 Å². The summed E-state index contributed by atoms with van der Waals surface area (Å²) in [5.74, 6) is 0.453. The summed E-state index contributed by atoms with van der Waals surface area (Å²) in [6, 6.07) is -0.0228. The molecule has 0 bridgehead atoms. The normalized spacial score (nSPS) is 18.8. The summed E-state index contributed by atoms with van der Waals surface area (Å²) in [5, 5.41) is 3.99. The van der Waals surface area contributed by atoms with E-state index in [1.165, 1.54) is 25.2 Å². The lowest BCUT2D eigenvalue weighted by Gasteiger charge is -2.19. The first kappa shape index (κ1) is 14.5. The Balaban J connectivity index is 2.03. The number of hydrogen-bond donors (Lipinski definition) is 2. The predicted octanol–water partition coefficient (Wildman–Crippen LogP) is 0.699. The van der Waals surface area contributed by atoms with Crippen molar-refractivity contribution in [2.24, 2.45) is 11.7 Å². The molecule has 1 atom stereocenters. The molecule has 0 saturated heterocycles. The third-order valence-corrected chi connectivity index (χ3v) is 5.24. The number of nitrogens with zero attached hydrogens (tertiary/aromatic N) is 2. The van der Waals surface area contributed by atoms with Crippen LogP contribution in [-0.2, 0) is 16.6 Å². The average Bonchev–Trinajstić information content (AvgIpc) is 2.99. The quantitative estimate of drug-likeness (QED) is 0.805. The molecule has 0 radical (unpaired) electrons. The molecule has 108 valence electrons. The summed E-state index contributed by atoms with van der Waals surface area (Å²) in [6.07, 6.45) is 7.51. The minimum absolute atomic E-state index is 0.0228. The second kappa shape index (κ2) is 6.02. The highest BCUT2D eigenvalue weighted by molar-refractivity contribution is 7.89. The molecule has 1 unspecified atom stereocenters. The first-order valence-electron chi connectivity index (χ1n) is 6.78. The molecule has 19 heavy (non-hydrogen) atoms. The molecule has 6 nitrogen and oxygen atoms in total. The Kier molecular flexibility index (Phi) is 4.59. The highest BCUT2D eigenvalue weighted by atomic mass is 32.2. The molecule has 7 heteroatoms. The van der Waals surface area contributed by atoms with Crippen molar-refractivity contribution in [1.82, 2.24) is 14.5 Å². The predicted molar refractivity (Wildman–Crippen MR) is 73.0 cm³/mol. The van der Waals surface area contributed by atoms with Crippen molar-refractivity contribution >= 4 is 10.0 Å². The van der Waals surface area contributed by atoms with Crippen LogP contribution in [0.15, 0.2) is 17.3 Å². The van der Waals surface area contributed by atoms with Crippen molar-refractivity contribution in [3.05, 3.63) is 12.4 Å². The Morgan fingerprint density at radius 3 is 2.84 bits per heavy atom. The van der Waals surface area contributed by atoms with Gasteiger partial charge in [-0.25, -0.2) is 13.1 Å². The van der Waals surface area contributed by atoms with Crippen LogP contribution in [0.2, 0.25) is 0 Å². The van der Waals surface area contributed by atoms with Crippen LogP contribution in [0.4, 0.5) is 0 Å². The van der Waals surface area contributed by atoms with Crippen LogP contribution in [0.1, 0.15) is 32.6 Å². The van der Waals surface area contributed by atoms with Gasteiger partial charge >= 0.3 is 0 Å². The largest absolute Gasteiger partial charge is 0.329 e. The van der Waals surface area contributed by atoms with Gasteiger partial charge in [0.25, 0.3) is 0 Å². The molecule has 0 spiro atoms. The van der Waals surface area contributed by atoms with Gasteiger partial charge in [0, 0.05) is 18.8 Å². The number of sulfonamides is 1. The summed E-state index contributed by atoms with van der Waals surface area (Å²) >= 11 is 0. The molecule has 1 aliphatic rings. The van der Waals surface area contributed by atoms with E-state index in [4.69, 9.17) is 5.73 Å². The number of nitrogens with two attached hydrogens (primary N) is 1. The fourth-order valence-corrected chi connectivity index (χ4v) is 3.87. The van der Waals surface area contributed by atoms with Crippen molar-refractivity contribution in [3.8, 4) is 0 Å². The molecule has 1 fully saturated rings. The van der Waals surface area contributed by atoms with Gasteiger partial charge in [0.05, 0.1) is 12.7 Å². The minimum atomic E-state index is -3.47. The fraction of sp³-hybridized carbons (Fsp3) is 0.750. The summed E-state index contributed by atoms with van der Waals surface area (Å²) in [4.78, 5) is 0.214. The number of nitrogens with one attached hydrogen (secondary N) is 1. The molecule has 3 N–H and O–H groups in total. The number of hydrogen-bond acceptors (Lipinski definition) is 4. The van der Waals surface area contributed by atoms with Crippen molar-refractivity contribution in [3.63, 3.8) is 0 Å². The Hall–Kier alpha value is -0.920. The molecule has 1 aliphatic carbocycles. The van der Waals surface area contributed by atoms with Gasteiger partial charge in [0.15, 0.2) is 0 Å². The lowest BCUT2D eigenvalue weighted by atomic mass is 10.0. The van der Waals surface area contributed by atoms with Gasteiger partial charge in [-0.3, -0.25) is 4.68 Å². The Bertz CT molecular complexity index is 506. The van der Waals surface area contributed by atoms with Gasteiger partial charge in [0.2, 0.25) is 10.0 Å². The van der Waals surface area contributed by atoms with E-state index in [1.807, 2.05) is 6.92 Å². The molecule has 1 aromatic rings. The van der Waals surface area contributed by atoms with E-state index < -0.39 is 10.0 Å². The van der Waals surface area contributed by atoms with Crippen LogP contribution in [0.3, 0.4) is 0 Å². The van der Waals surface area contributed by atoms with Crippen molar-refractivity contribution in [1.29, 1.82) is 0 Å². The molecule has 2 rings (SSSR count). The number of rotatable bonds is 6. The SMILES string of the molecule is CC(NS(=O)(=O)c1cnn(CCN)c1)C1CCCC1. The first-order valence-corrected chi connectivity index (χ1v) is 8.26. The average molecular weight is 286 g/mol. The minimum Gasteiger partial charge on any atom is -0.329 e. The zero-order valence-corrected chi connectivity index (χ0v) is 12.1. The topological polar surface area (TPSA) is 90.0 Å². The van der Waals surface area contributed by atoms with Crippen LogP contribution in [0.25, 0.3) is 0 Å². The monoisotopic (exact) mass is 286 g/mol. The molecular weight excluding hydrogens is 264 g/mol. The molecule has 0 aromatic carbocycles. The smallest absolute Gasteiger partial charge is 0.243 e. The third-order valence-electron chi connectivity index (χ3n) is 3.73. The van der Waals surface area contributed by atoms with E-state index in [1.54, 1.807) is 4.68 Å². The van der Waals surface area contributed by atoms with Crippen molar-refractivity contribution in [2.45, 2.75) is 50.1 Å². The Labute approximate surface area is 114 Å². The van der Waals surface area contributed by atoms with Crippen LogP contribution >= 0.6 is 0 Å². The first-order chi connectivity index (χ1) is 9.03. The van der Waals surface area contributed by atoms with Crippen molar-refractivity contribution < 1.29 is 8.42 Å². The van der Waals surface area contributed by atoms with E-state index in [-0.39, 0.29) is 10.9 Å². The van der Waals surface area contributed by atoms with E-state index in [0.29, 0.717) is 19.0 Å². The van der Waals surface area contributed by atoms with E-state index in [2.05, 4.69) is 9.82 Å². The standard InChI is InChI=1S/C12H22N4O2S/c1-10(11-4-2-3-5-11)15-19(17,18)12-8-14-16(9-12)7-6-13/h8-11,15H,2-7,13H2,1H3. The summed E-state index contributed by atoms with van der Waals surface area (Å²) in [6.45, 7) is 2.90. The molecule has 1 aromatic heterocycles. The maximum Gasteiger partial charge on any atom is 0.243 e. The van der Waals surface area contributed by atoms with Crippen molar-refractivity contribution in [2.75, 3.05) is 6.54 Å². The zero-order chi connectivity index (χ0) is 13.9. The summed E-state index contributed by atoms with van der Waals surface area (Å²) in [5.41, 5.74) is 5.42. The highest BCUT2D eigenvalue weighted by Crippen LogP contribution is 2.28.